The topological polar surface area (TPSA) is 98.1 Å². The zero-order chi connectivity index (χ0) is 21.1. The molecule has 154 valence electrons. The van der Waals surface area contributed by atoms with Crippen molar-refractivity contribution in [2.75, 3.05) is 16.2 Å². The maximum atomic E-state index is 12.5. The Morgan fingerprint density at radius 1 is 1.07 bits per heavy atom. The monoisotopic (exact) mass is 471 g/mol. The van der Waals surface area contributed by atoms with Gasteiger partial charge in [0, 0.05) is 28.9 Å². The van der Waals surface area contributed by atoms with Crippen molar-refractivity contribution in [2.45, 2.75) is 14.8 Å². The SMILES string of the molecule is Cn1cnc(S(=O)(=O)Nc2ccccc2SCCS(=O)(=O)c2ccc(Cl)cc2)c1. The maximum absolute atomic E-state index is 12.5. The van der Waals surface area contributed by atoms with Gasteiger partial charge in [-0.25, -0.2) is 13.4 Å². The van der Waals surface area contributed by atoms with Crippen LogP contribution in [0.4, 0.5) is 5.69 Å². The van der Waals surface area contributed by atoms with E-state index >= 15 is 0 Å². The van der Waals surface area contributed by atoms with E-state index in [2.05, 4.69) is 9.71 Å². The molecule has 0 fully saturated rings. The van der Waals surface area contributed by atoms with E-state index in [-0.39, 0.29) is 21.4 Å². The first kappa shape index (κ1) is 21.7. The van der Waals surface area contributed by atoms with Crippen LogP contribution >= 0.6 is 23.4 Å². The number of hydrogen-bond acceptors (Lipinski definition) is 6. The van der Waals surface area contributed by atoms with Crippen molar-refractivity contribution in [1.82, 2.24) is 9.55 Å². The molecule has 3 aromatic rings. The van der Waals surface area contributed by atoms with Crippen LogP contribution in [0.5, 0.6) is 0 Å². The number of aromatic nitrogens is 2. The third kappa shape index (κ3) is 5.53. The lowest BCUT2D eigenvalue weighted by Crippen LogP contribution is -2.14. The summed E-state index contributed by atoms with van der Waals surface area (Å²) >= 11 is 7.06. The summed E-state index contributed by atoms with van der Waals surface area (Å²) < 4.78 is 54.0. The van der Waals surface area contributed by atoms with Crippen molar-refractivity contribution in [3.63, 3.8) is 0 Å². The predicted octanol–water partition coefficient (Wildman–Crippen LogP) is 3.44. The highest BCUT2D eigenvalue weighted by atomic mass is 35.5. The summed E-state index contributed by atoms with van der Waals surface area (Å²) in [5, 5.41) is 0.373. The molecule has 1 N–H and O–H groups in total. The van der Waals surface area contributed by atoms with Gasteiger partial charge in [0.15, 0.2) is 14.9 Å². The molecule has 0 radical (unpaired) electrons. The lowest BCUT2D eigenvalue weighted by atomic mass is 10.3. The van der Waals surface area contributed by atoms with Crippen LogP contribution in [0.2, 0.25) is 5.02 Å². The molecule has 0 bridgehead atoms. The molecule has 0 saturated heterocycles. The van der Waals surface area contributed by atoms with Gasteiger partial charge >= 0.3 is 0 Å². The summed E-state index contributed by atoms with van der Waals surface area (Å²) in [6, 6.07) is 12.8. The van der Waals surface area contributed by atoms with Crippen LogP contribution in [-0.2, 0) is 26.9 Å². The molecule has 2 aromatic carbocycles. The molecule has 29 heavy (non-hydrogen) atoms. The van der Waals surface area contributed by atoms with E-state index in [1.165, 1.54) is 53.1 Å². The number of hydrogen-bond donors (Lipinski definition) is 1. The Morgan fingerprint density at radius 2 is 1.76 bits per heavy atom. The highest BCUT2D eigenvalue weighted by molar-refractivity contribution is 8.01. The van der Waals surface area contributed by atoms with E-state index in [4.69, 9.17) is 11.6 Å². The fraction of sp³-hybridized carbons (Fsp3) is 0.167. The number of imidazole rings is 1. The number of benzene rings is 2. The highest BCUT2D eigenvalue weighted by Crippen LogP contribution is 2.29. The zero-order valence-corrected chi connectivity index (χ0v) is 18.5. The van der Waals surface area contributed by atoms with Crippen molar-refractivity contribution < 1.29 is 16.8 Å². The predicted molar refractivity (Wildman–Crippen MR) is 115 cm³/mol. The van der Waals surface area contributed by atoms with Crippen LogP contribution in [0.25, 0.3) is 0 Å². The highest BCUT2D eigenvalue weighted by Gasteiger charge is 2.19. The van der Waals surface area contributed by atoms with Gasteiger partial charge in [-0.05, 0) is 36.4 Å². The number of sulfonamides is 1. The first-order valence-corrected chi connectivity index (χ1v) is 12.9. The van der Waals surface area contributed by atoms with Gasteiger partial charge in [0.2, 0.25) is 0 Å². The van der Waals surface area contributed by atoms with E-state index in [1.54, 1.807) is 31.3 Å². The number of nitrogens with zero attached hydrogens (tertiary/aromatic N) is 2. The van der Waals surface area contributed by atoms with Crippen molar-refractivity contribution in [3.05, 3.63) is 66.1 Å². The van der Waals surface area contributed by atoms with Gasteiger partial charge in [0.25, 0.3) is 10.0 Å². The Labute approximate surface area is 179 Å². The van der Waals surface area contributed by atoms with Crippen LogP contribution < -0.4 is 4.72 Å². The molecular formula is C18H18ClN3O4S3. The van der Waals surface area contributed by atoms with Gasteiger partial charge in [0.05, 0.1) is 22.7 Å². The molecule has 0 amide bonds. The van der Waals surface area contributed by atoms with Gasteiger partial charge in [-0.3, -0.25) is 4.72 Å². The number of aryl methyl sites for hydroxylation is 1. The summed E-state index contributed by atoms with van der Waals surface area (Å²) in [5.74, 6) is 0.161. The second-order valence-electron chi connectivity index (χ2n) is 6.10. The fourth-order valence-electron chi connectivity index (χ4n) is 2.42. The van der Waals surface area contributed by atoms with Crippen LogP contribution in [0.15, 0.2) is 75.9 Å². The average molecular weight is 472 g/mol. The second-order valence-corrected chi connectivity index (χ2v) is 11.4. The summed E-state index contributed by atoms with van der Waals surface area (Å²) in [6.07, 6.45) is 2.80. The smallest absolute Gasteiger partial charge is 0.280 e. The van der Waals surface area contributed by atoms with Crippen LogP contribution in [0.3, 0.4) is 0 Å². The molecule has 3 rings (SSSR count). The molecule has 0 spiro atoms. The Hall–Kier alpha value is -2.01. The molecule has 0 aliphatic rings. The van der Waals surface area contributed by atoms with E-state index in [0.717, 1.165) is 0 Å². The fourth-order valence-corrected chi connectivity index (χ4v) is 6.34. The van der Waals surface area contributed by atoms with Crippen molar-refractivity contribution in [2.24, 2.45) is 7.05 Å². The minimum atomic E-state index is -3.84. The molecule has 1 heterocycles. The lowest BCUT2D eigenvalue weighted by Gasteiger charge is -2.11. The van der Waals surface area contributed by atoms with Crippen molar-refractivity contribution in [1.29, 1.82) is 0 Å². The van der Waals surface area contributed by atoms with E-state index in [1.807, 2.05) is 0 Å². The van der Waals surface area contributed by atoms with Crippen LogP contribution in [0.1, 0.15) is 0 Å². The van der Waals surface area contributed by atoms with Gasteiger partial charge in [-0.15, -0.1) is 11.8 Å². The molecular weight excluding hydrogens is 454 g/mol. The summed E-state index contributed by atoms with van der Waals surface area (Å²) in [5.41, 5.74) is 0.368. The van der Waals surface area contributed by atoms with Crippen LogP contribution in [-0.4, -0.2) is 37.9 Å². The van der Waals surface area contributed by atoms with Gasteiger partial charge < -0.3 is 4.57 Å². The Morgan fingerprint density at radius 3 is 2.41 bits per heavy atom. The molecule has 0 saturated carbocycles. The zero-order valence-electron chi connectivity index (χ0n) is 15.3. The number of anilines is 1. The van der Waals surface area contributed by atoms with Gasteiger partial charge in [-0.2, -0.15) is 8.42 Å². The van der Waals surface area contributed by atoms with E-state index in [9.17, 15) is 16.8 Å². The summed E-state index contributed by atoms with van der Waals surface area (Å²) in [6.45, 7) is 0. The molecule has 0 aliphatic carbocycles. The number of thioether (sulfide) groups is 1. The van der Waals surface area contributed by atoms with Gasteiger partial charge in [-0.1, -0.05) is 23.7 Å². The van der Waals surface area contributed by atoms with Crippen molar-refractivity contribution in [3.8, 4) is 0 Å². The summed E-state index contributed by atoms with van der Waals surface area (Å²) in [4.78, 5) is 4.69. The quantitative estimate of drug-likeness (QED) is 0.505. The standard InChI is InChI=1S/C18H18ClN3O4S3/c1-22-12-18(20-13-22)29(25,26)21-16-4-2-3-5-17(16)27-10-11-28(23,24)15-8-6-14(19)7-9-15/h2-9,12-13,21H,10-11H2,1H3. The van der Waals surface area contributed by atoms with E-state index < -0.39 is 19.9 Å². The number of nitrogens with one attached hydrogen (secondary N) is 1. The van der Waals surface area contributed by atoms with Gasteiger partial charge in [0.1, 0.15) is 0 Å². The molecule has 11 heteroatoms. The molecule has 0 aliphatic heterocycles. The summed E-state index contributed by atoms with van der Waals surface area (Å²) in [7, 11) is -5.63. The maximum Gasteiger partial charge on any atom is 0.280 e. The largest absolute Gasteiger partial charge is 0.339 e. The minimum absolute atomic E-state index is 0.0925. The molecule has 7 nitrogen and oxygen atoms in total. The minimum Gasteiger partial charge on any atom is -0.339 e. The Bertz CT molecular complexity index is 1210. The first-order valence-electron chi connectivity index (χ1n) is 8.38. The number of halogens is 1. The second kappa shape index (κ2) is 8.78. The Kier molecular flexibility index (Phi) is 6.57. The third-order valence-electron chi connectivity index (χ3n) is 3.87. The molecule has 1 aromatic heterocycles. The van der Waals surface area contributed by atoms with E-state index in [0.29, 0.717) is 15.6 Å². The first-order chi connectivity index (χ1) is 13.7. The third-order valence-corrected chi connectivity index (χ3v) is 8.44. The average Bonchev–Trinajstić information content (AvgIpc) is 3.11. The number of rotatable bonds is 8. The number of sulfone groups is 1. The lowest BCUT2D eigenvalue weighted by molar-refractivity contribution is 0.596. The Balaban J connectivity index is 1.70. The normalized spacial score (nSPS) is 12.1. The van der Waals surface area contributed by atoms with Crippen LogP contribution in [0, 0.1) is 0 Å². The molecule has 0 atom stereocenters. The number of para-hydroxylation sites is 1. The van der Waals surface area contributed by atoms with Crippen molar-refractivity contribution >= 4 is 48.9 Å². The molecule has 0 unspecified atom stereocenters.